The molecule has 5 atom stereocenters. The van der Waals surface area contributed by atoms with Gasteiger partial charge in [0.25, 0.3) is 0 Å². The Hall–Kier alpha value is -5.58. The molecular weight excluding hydrogens is 1330 g/mol. The molecule has 3 N–H and O–H groups in total. The first-order valence-electron chi connectivity index (χ1n) is 38.4. The average Bonchev–Trinajstić information content (AvgIpc) is 0.926. The molecule has 5 unspecified atom stereocenters. The quantitative estimate of drug-likeness (QED) is 0.0169. The lowest BCUT2D eigenvalue weighted by molar-refractivity contribution is -0.161. The fourth-order valence-corrected chi connectivity index (χ4v) is 11.1. The summed E-state index contributed by atoms with van der Waals surface area (Å²) < 4.78 is 68.4. The number of allylic oxidation sites excluding steroid dienone is 27. The molecule has 0 spiro atoms. The van der Waals surface area contributed by atoms with Gasteiger partial charge >= 0.3 is 39.5 Å². The van der Waals surface area contributed by atoms with E-state index in [1.54, 1.807) is 6.08 Å². The van der Waals surface area contributed by atoms with Crippen molar-refractivity contribution in [3.05, 3.63) is 170 Å². The standard InChI is InChI=1S/C83H134O17P2/c1-5-9-13-17-21-25-29-33-37-38-42-44-48-52-56-60-64-68-81(86)94-74-79(100-83(88)70-66-62-58-54-50-46-41-36-32-28-24-20-16-12-8-4)76-98-102(91,92)96-72-77(84)71-95-101(89,90)97-75-78(99-82(87)69-65-61-57-53-49-45-40-35-31-27-23-19-15-11-7-3)73-93-80(85)67-63-59-55-51-47-43-39-34-30-26-22-18-14-10-6-2/h9-16,21-28,33-37,39-41,47,51,59,63,77-79,84H,5-8,17-20,29-32,38,42-46,48-50,52-58,60-62,64-76H2,1-4H3,(H,89,90)(H,91,92)/b13-9-,14-10-,15-11-,16-12-,25-21-,26-22-,27-23-,28-24-,37-33-,39-34-,40-35-,41-36-,51-47-,63-59-. The van der Waals surface area contributed by atoms with E-state index in [-0.39, 0.29) is 25.7 Å². The molecule has 0 saturated carbocycles. The summed E-state index contributed by atoms with van der Waals surface area (Å²) in [7, 11) is -10.0. The van der Waals surface area contributed by atoms with Crippen LogP contribution in [-0.2, 0) is 65.4 Å². The third-order valence-corrected chi connectivity index (χ3v) is 17.1. The highest BCUT2D eigenvalue weighted by Gasteiger charge is 2.30. The molecule has 19 heteroatoms. The van der Waals surface area contributed by atoms with E-state index in [1.165, 1.54) is 0 Å². The van der Waals surface area contributed by atoms with E-state index < -0.39 is 97.5 Å². The van der Waals surface area contributed by atoms with Crippen LogP contribution in [0, 0.1) is 0 Å². The summed E-state index contributed by atoms with van der Waals surface area (Å²) in [6.07, 6.45) is 86.6. The Kier molecular flexibility index (Phi) is 69.7. The van der Waals surface area contributed by atoms with Gasteiger partial charge in [-0.15, -0.1) is 0 Å². The summed E-state index contributed by atoms with van der Waals surface area (Å²) >= 11 is 0. The molecular formula is C83H134O17P2. The number of esters is 4. The van der Waals surface area contributed by atoms with Gasteiger partial charge in [0.15, 0.2) is 12.2 Å². The van der Waals surface area contributed by atoms with Gasteiger partial charge in [-0.2, -0.15) is 0 Å². The normalized spacial score (nSPS) is 14.9. The smallest absolute Gasteiger partial charge is 0.462 e. The van der Waals surface area contributed by atoms with E-state index in [2.05, 4.69) is 174 Å². The number of ether oxygens (including phenoxy) is 4. The molecule has 0 amide bonds. The number of phosphoric acid groups is 2. The summed E-state index contributed by atoms with van der Waals surface area (Å²) in [5, 5.41) is 10.6. The van der Waals surface area contributed by atoms with Crippen LogP contribution in [0.2, 0.25) is 0 Å². The van der Waals surface area contributed by atoms with Crippen LogP contribution in [-0.4, -0.2) is 96.7 Å². The zero-order valence-electron chi connectivity index (χ0n) is 63.0. The van der Waals surface area contributed by atoms with E-state index in [1.807, 2.05) is 18.2 Å². The number of unbranched alkanes of at least 4 members (excludes halogenated alkanes) is 17. The maximum absolute atomic E-state index is 13.1. The van der Waals surface area contributed by atoms with Crippen LogP contribution in [0.25, 0.3) is 0 Å². The number of carbonyl (C=O) groups is 4. The molecule has 0 aliphatic heterocycles. The highest BCUT2D eigenvalue weighted by atomic mass is 31.2. The topological polar surface area (TPSA) is 237 Å². The molecule has 0 heterocycles. The first-order valence-corrected chi connectivity index (χ1v) is 41.4. The van der Waals surface area contributed by atoms with Crippen molar-refractivity contribution in [1.29, 1.82) is 0 Å². The number of phosphoric ester groups is 2. The van der Waals surface area contributed by atoms with Gasteiger partial charge < -0.3 is 33.8 Å². The minimum atomic E-state index is -5.01. The van der Waals surface area contributed by atoms with Crippen molar-refractivity contribution in [2.75, 3.05) is 39.6 Å². The van der Waals surface area contributed by atoms with Gasteiger partial charge in [-0.25, -0.2) is 9.13 Å². The monoisotopic (exact) mass is 1460 g/mol. The van der Waals surface area contributed by atoms with E-state index in [9.17, 15) is 43.2 Å². The maximum Gasteiger partial charge on any atom is 0.472 e. The molecule has 0 rings (SSSR count). The molecule has 0 aromatic heterocycles. The number of hydrogen-bond acceptors (Lipinski definition) is 15. The number of hydrogen-bond donors (Lipinski definition) is 3. The molecule has 0 saturated heterocycles. The fraction of sp³-hybridized carbons (Fsp3) is 0.614. The third-order valence-electron chi connectivity index (χ3n) is 15.2. The molecule has 0 aliphatic carbocycles. The lowest BCUT2D eigenvalue weighted by atomic mass is 10.1. The van der Waals surface area contributed by atoms with Crippen molar-refractivity contribution < 1.29 is 80.2 Å². The van der Waals surface area contributed by atoms with E-state index in [4.69, 9.17) is 37.0 Å². The summed E-state index contributed by atoms with van der Waals surface area (Å²) in [5.41, 5.74) is 0. The van der Waals surface area contributed by atoms with Crippen LogP contribution in [0.15, 0.2) is 170 Å². The SMILES string of the molecule is CC/C=C\C/C=C\C/C=C\C/C=C\C/C=C\CC(=O)OCC(COP(=O)(O)OCC(O)COP(=O)(O)OCC(COC(=O)CCCCCCCCC/C=C\C/C=C\C/C=C\CC)OC(=O)CCCCCCC/C=C\C/C=C\C/C=C\CC)OC(=O)CCCCCCC/C=C\C/C=C\C/C=C\CC. The molecule has 578 valence electrons. The van der Waals surface area contributed by atoms with Crippen molar-refractivity contribution in [3.8, 4) is 0 Å². The van der Waals surface area contributed by atoms with Gasteiger partial charge in [0.2, 0.25) is 0 Å². The second kappa shape index (κ2) is 73.7. The molecule has 17 nitrogen and oxygen atoms in total. The largest absolute Gasteiger partial charge is 0.472 e. The molecule has 0 radical (unpaired) electrons. The minimum Gasteiger partial charge on any atom is -0.462 e. The molecule has 0 aromatic rings. The lowest BCUT2D eigenvalue weighted by Gasteiger charge is -2.21. The molecule has 0 aromatic carbocycles. The predicted molar refractivity (Wildman–Crippen MR) is 417 cm³/mol. The van der Waals surface area contributed by atoms with Gasteiger partial charge in [0.05, 0.1) is 32.8 Å². The van der Waals surface area contributed by atoms with E-state index >= 15 is 0 Å². The number of aliphatic hydroxyl groups excluding tert-OH is 1. The van der Waals surface area contributed by atoms with Crippen molar-refractivity contribution in [2.45, 2.75) is 290 Å². The minimum absolute atomic E-state index is 0.0497. The Morgan fingerprint density at radius 3 is 0.824 bits per heavy atom. The Bertz CT molecular complexity index is 2600. The predicted octanol–water partition coefficient (Wildman–Crippen LogP) is 22.2. The first kappa shape index (κ1) is 96.4. The van der Waals surface area contributed by atoms with Gasteiger partial charge in [0, 0.05) is 19.3 Å². The van der Waals surface area contributed by atoms with Crippen LogP contribution in [0.1, 0.15) is 272 Å². The van der Waals surface area contributed by atoms with Crippen LogP contribution >= 0.6 is 15.6 Å². The second-order valence-corrected chi connectivity index (χ2v) is 27.7. The number of rotatable bonds is 70. The Balaban J connectivity index is 5.47. The van der Waals surface area contributed by atoms with Crippen molar-refractivity contribution in [1.82, 2.24) is 0 Å². The zero-order valence-corrected chi connectivity index (χ0v) is 64.8. The van der Waals surface area contributed by atoms with Gasteiger partial charge in [0.1, 0.15) is 19.3 Å². The van der Waals surface area contributed by atoms with Crippen molar-refractivity contribution in [3.63, 3.8) is 0 Å². The Morgan fingerprint density at radius 1 is 0.284 bits per heavy atom. The van der Waals surface area contributed by atoms with Crippen molar-refractivity contribution >= 4 is 39.5 Å². The van der Waals surface area contributed by atoms with Gasteiger partial charge in [-0.1, -0.05) is 268 Å². The molecule has 0 bridgehead atoms. The summed E-state index contributed by atoms with van der Waals surface area (Å²) in [5.74, 6) is -2.39. The zero-order chi connectivity index (χ0) is 74.6. The third kappa shape index (κ3) is 72.8. The second-order valence-electron chi connectivity index (χ2n) is 24.8. The van der Waals surface area contributed by atoms with Crippen LogP contribution < -0.4 is 0 Å². The van der Waals surface area contributed by atoms with Gasteiger partial charge in [-0.3, -0.25) is 37.3 Å². The van der Waals surface area contributed by atoms with Crippen LogP contribution in [0.4, 0.5) is 0 Å². The Labute approximate surface area is 616 Å². The number of aliphatic hydroxyl groups is 1. The van der Waals surface area contributed by atoms with E-state index in [0.29, 0.717) is 25.7 Å². The van der Waals surface area contributed by atoms with Gasteiger partial charge in [-0.05, 0) is 148 Å². The summed E-state index contributed by atoms with van der Waals surface area (Å²) in [4.78, 5) is 72.9. The molecule has 0 fully saturated rings. The lowest BCUT2D eigenvalue weighted by Crippen LogP contribution is -2.30. The van der Waals surface area contributed by atoms with Crippen LogP contribution in [0.3, 0.4) is 0 Å². The highest BCUT2D eigenvalue weighted by molar-refractivity contribution is 7.47. The maximum atomic E-state index is 13.1. The van der Waals surface area contributed by atoms with Crippen molar-refractivity contribution in [2.24, 2.45) is 0 Å². The molecule has 0 aliphatic rings. The fourth-order valence-electron chi connectivity index (χ4n) is 9.51. The molecule has 102 heavy (non-hydrogen) atoms. The summed E-state index contributed by atoms with van der Waals surface area (Å²) in [6.45, 7) is 4.24. The number of carbonyl (C=O) groups excluding carboxylic acids is 4. The highest BCUT2D eigenvalue weighted by Crippen LogP contribution is 2.45. The first-order chi connectivity index (χ1) is 49.7. The summed E-state index contributed by atoms with van der Waals surface area (Å²) in [6, 6.07) is 0. The van der Waals surface area contributed by atoms with E-state index in [0.717, 1.165) is 193 Å². The van der Waals surface area contributed by atoms with Crippen LogP contribution in [0.5, 0.6) is 0 Å². The average molecular weight is 1470 g/mol. The Morgan fingerprint density at radius 2 is 0.520 bits per heavy atom.